The summed E-state index contributed by atoms with van der Waals surface area (Å²) in [4.78, 5) is 12.2. The molecular weight excluding hydrogens is 264 g/mol. The molecule has 0 radical (unpaired) electrons. The second-order valence-electron chi connectivity index (χ2n) is 6.91. The zero-order valence-corrected chi connectivity index (χ0v) is 13.2. The second kappa shape index (κ2) is 6.06. The van der Waals surface area contributed by atoms with Crippen molar-refractivity contribution in [2.24, 2.45) is 11.1 Å². The third-order valence-corrected chi connectivity index (χ3v) is 4.16. The number of carbonyl (C=O) groups is 1. The summed E-state index contributed by atoms with van der Waals surface area (Å²) in [6.45, 7) is 6.17. The summed E-state index contributed by atoms with van der Waals surface area (Å²) in [5.74, 6) is 0. The molecule has 0 heterocycles. The van der Waals surface area contributed by atoms with Crippen LogP contribution in [-0.2, 0) is 4.74 Å². The van der Waals surface area contributed by atoms with Gasteiger partial charge in [-0.1, -0.05) is 36.8 Å². The Morgan fingerprint density at radius 3 is 2.38 bits per heavy atom. The van der Waals surface area contributed by atoms with E-state index >= 15 is 0 Å². The Morgan fingerprint density at radius 1 is 1.33 bits per heavy atom. The minimum Gasteiger partial charge on any atom is -0.444 e. The first-order chi connectivity index (χ1) is 9.86. The Kier molecular flexibility index (Phi) is 4.57. The standard InChI is InChI=1S/C17H26N2O2/c1-16(2,3)21-15(20)19-14(13-8-5-4-6-9-13)17(12-18)10-7-11-17/h4-6,8-9,14H,7,10-12,18H2,1-3H3,(H,19,20). The molecular formula is C17H26N2O2. The zero-order valence-electron chi connectivity index (χ0n) is 13.2. The van der Waals surface area contributed by atoms with E-state index in [-0.39, 0.29) is 17.6 Å². The molecule has 1 aliphatic carbocycles. The monoisotopic (exact) mass is 290 g/mol. The van der Waals surface area contributed by atoms with E-state index in [1.54, 1.807) is 0 Å². The van der Waals surface area contributed by atoms with Gasteiger partial charge in [0.2, 0.25) is 0 Å². The fraction of sp³-hybridized carbons (Fsp3) is 0.588. The lowest BCUT2D eigenvalue weighted by Crippen LogP contribution is -2.50. The molecule has 3 N–H and O–H groups in total. The van der Waals surface area contributed by atoms with E-state index in [0.29, 0.717) is 6.54 Å². The quantitative estimate of drug-likeness (QED) is 0.893. The van der Waals surface area contributed by atoms with E-state index in [2.05, 4.69) is 5.32 Å². The summed E-state index contributed by atoms with van der Waals surface area (Å²) in [5.41, 5.74) is 6.57. The molecule has 1 saturated carbocycles. The number of nitrogens with one attached hydrogen (secondary N) is 1. The van der Waals surface area contributed by atoms with Gasteiger partial charge in [-0.15, -0.1) is 0 Å². The van der Waals surface area contributed by atoms with Crippen LogP contribution in [0.2, 0.25) is 0 Å². The number of benzene rings is 1. The number of alkyl carbamates (subject to hydrolysis) is 1. The molecule has 0 spiro atoms. The van der Waals surface area contributed by atoms with Crippen LogP contribution in [0.15, 0.2) is 30.3 Å². The lowest BCUT2D eigenvalue weighted by atomic mass is 9.62. The average molecular weight is 290 g/mol. The van der Waals surface area contributed by atoms with E-state index in [9.17, 15) is 4.79 Å². The molecule has 2 rings (SSSR count). The average Bonchev–Trinajstić information content (AvgIpc) is 2.36. The first-order valence-corrected chi connectivity index (χ1v) is 7.61. The van der Waals surface area contributed by atoms with Gasteiger partial charge in [0.05, 0.1) is 6.04 Å². The summed E-state index contributed by atoms with van der Waals surface area (Å²) in [5, 5.41) is 3.04. The SMILES string of the molecule is CC(C)(C)OC(=O)NC(c1ccccc1)C1(CN)CCC1. The van der Waals surface area contributed by atoms with Gasteiger partial charge in [-0.2, -0.15) is 0 Å². The van der Waals surface area contributed by atoms with E-state index in [4.69, 9.17) is 10.5 Å². The van der Waals surface area contributed by atoms with Gasteiger partial charge in [-0.25, -0.2) is 4.79 Å². The normalized spacial score (nSPS) is 18.5. The van der Waals surface area contributed by atoms with Crippen LogP contribution in [0.3, 0.4) is 0 Å². The third kappa shape index (κ3) is 3.76. The number of nitrogens with two attached hydrogens (primary N) is 1. The topological polar surface area (TPSA) is 64.3 Å². The van der Waals surface area contributed by atoms with Crippen molar-refractivity contribution >= 4 is 6.09 Å². The molecule has 4 nitrogen and oxygen atoms in total. The van der Waals surface area contributed by atoms with Crippen LogP contribution < -0.4 is 11.1 Å². The van der Waals surface area contributed by atoms with Gasteiger partial charge >= 0.3 is 6.09 Å². The minimum atomic E-state index is -0.499. The van der Waals surface area contributed by atoms with Crippen molar-refractivity contribution < 1.29 is 9.53 Å². The second-order valence-corrected chi connectivity index (χ2v) is 6.91. The summed E-state index contributed by atoms with van der Waals surface area (Å²) in [6, 6.07) is 9.94. The molecule has 0 bridgehead atoms. The van der Waals surface area contributed by atoms with Crippen molar-refractivity contribution in [3.8, 4) is 0 Å². The van der Waals surface area contributed by atoms with Gasteiger partial charge in [-0.3, -0.25) is 0 Å². The number of amides is 1. The van der Waals surface area contributed by atoms with E-state index in [1.165, 1.54) is 0 Å². The lowest BCUT2D eigenvalue weighted by Gasteiger charge is -2.47. The third-order valence-electron chi connectivity index (χ3n) is 4.16. The molecule has 1 aliphatic rings. The van der Waals surface area contributed by atoms with Gasteiger partial charge in [0, 0.05) is 12.0 Å². The summed E-state index contributed by atoms with van der Waals surface area (Å²) < 4.78 is 5.41. The minimum absolute atomic E-state index is 0.0434. The first-order valence-electron chi connectivity index (χ1n) is 7.61. The maximum Gasteiger partial charge on any atom is 0.408 e. The molecule has 21 heavy (non-hydrogen) atoms. The maximum atomic E-state index is 12.2. The highest BCUT2D eigenvalue weighted by Crippen LogP contribution is 2.49. The lowest BCUT2D eigenvalue weighted by molar-refractivity contribution is 0.0323. The van der Waals surface area contributed by atoms with Crippen molar-refractivity contribution in [3.05, 3.63) is 35.9 Å². The fourth-order valence-corrected chi connectivity index (χ4v) is 2.90. The zero-order chi connectivity index (χ0) is 15.5. The van der Waals surface area contributed by atoms with E-state index in [1.807, 2.05) is 51.1 Å². The molecule has 0 aromatic heterocycles. The molecule has 1 unspecified atom stereocenters. The highest BCUT2D eigenvalue weighted by Gasteiger charge is 2.44. The van der Waals surface area contributed by atoms with Crippen LogP contribution in [0.4, 0.5) is 4.79 Å². The van der Waals surface area contributed by atoms with Crippen molar-refractivity contribution in [1.82, 2.24) is 5.32 Å². The van der Waals surface area contributed by atoms with Crippen LogP contribution in [0.1, 0.15) is 51.6 Å². The number of rotatable bonds is 4. The number of ether oxygens (including phenoxy) is 1. The molecule has 4 heteroatoms. The number of carbonyl (C=O) groups excluding carboxylic acids is 1. The summed E-state index contributed by atoms with van der Waals surface area (Å²) >= 11 is 0. The first kappa shape index (κ1) is 15.8. The Hall–Kier alpha value is -1.55. The molecule has 1 amide bonds. The van der Waals surface area contributed by atoms with Crippen LogP contribution in [-0.4, -0.2) is 18.2 Å². The van der Waals surface area contributed by atoms with E-state index in [0.717, 1.165) is 24.8 Å². The van der Waals surface area contributed by atoms with Crippen LogP contribution >= 0.6 is 0 Å². The maximum absolute atomic E-state index is 12.2. The van der Waals surface area contributed by atoms with Gasteiger partial charge in [-0.05, 0) is 39.2 Å². The molecule has 0 aliphatic heterocycles. The van der Waals surface area contributed by atoms with Gasteiger partial charge < -0.3 is 15.8 Å². The molecule has 0 saturated heterocycles. The van der Waals surface area contributed by atoms with Crippen LogP contribution in [0.5, 0.6) is 0 Å². The van der Waals surface area contributed by atoms with Crippen LogP contribution in [0, 0.1) is 5.41 Å². The highest BCUT2D eigenvalue weighted by molar-refractivity contribution is 5.68. The van der Waals surface area contributed by atoms with Crippen molar-refractivity contribution in [2.75, 3.05) is 6.54 Å². The largest absolute Gasteiger partial charge is 0.444 e. The van der Waals surface area contributed by atoms with Crippen molar-refractivity contribution in [3.63, 3.8) is 0 Å². The van der Waals surface area contributed by atoms with Crippen molar-refractivity contribution in [1.29, 1.82) is 0 Å². The number of hydrogen-bond acceptors (Lipinski definition) is 3. The summed E-state index contributed by atoms with van der Waals surface area (Å²) in [6.07, 6.45) is 2.87. The van der Waals surface area contributed by atoms with E-state index < -0.39 is 5.60 Å². The molecule has 1 fully saturated rings. The molecule has 1 aromatic rings. The molecule has 1 atom stereocenters. The highest BCUT2D eigenvalue weighted by atomic mass is 16.6. The van der Waals surface area contributed by atoms with Gasteiger partial charge in [0.15, 0.2) is 0 Å². The van der Waals surface area contributed by atoms with Crippen LogP contribution in [0.25, 0.3) is 0 Å². The predicted octanol–water partition coefficient (Wildman–Crippen LogP) is 3.38. The van der Waals surface area contributed by atoms with Crippen molar-refractivity contribution in [2.45, 2.75) is 51.7 Å². The Balaban J connectivity index is 2.19. The Bertz CT molecular complexity index is 470. The summed E-state index contributed by atoms with van der Waals surface area (Å²) in [7, 11) is 0. The Labute approximate surface area is 127 Å². The predicted molar refractivity (Wildman–Crippen MR) is 83.9 cm³/mol. The van der Waals surface area contributed by atoms with Gasteiger partial charge in [0.1, 0.15) is 5.60 Å². The van der Waals surface area contributed by atoms with Gasteiger partial charge in [0.25, 0.3) is 0 Å². The Morgan fingerprint density at radius 2 is 1.95 bits per heavy atom. The smallest absolute Gasteiger partial charge is 0.408 e. The molecule has 116 valence electrons. The molecule has 1 aromatic carbocycles. The number of hydrogen-bond donors (Lipinski definition) is 2. The fourth-order valence-electron chi connectivity index (χ4n) is 2.90.